The average molecular weight is 530 g/mol. The summed E-state index contributed by atoms with van der Waals surface area (Å²) in [4.78, 5) is 24.6. The van der Waals surface area contributed by atoms with Crippen molar-refractivity contribution in [1.29, 1.82) is 0 Å². The third-order valence-electron chi connectivity index (χ3n) is 6.12. The Bertz CT molecular complexity index is 1360. The van der Waals surface area contributed by atoms with Gasteiger partial charge in [-0.05, 0) is 42.8 Å². The van der Waals surface area contributed by atoms with E-state index in [9.17, 15) is 22.8 Å². The molecule has 1 unspecified atom stereocenters. The Hall–Kier alpha value is -3.85. The van der Waals surface area contributed by atoms with Crippen molar-refractivity contribution in [1.82, 2.24) is 5.01 Å². The van der Waals surface area contributed by atoms with Crippen LogP contribution in [0.3, 0.4) is 0 Å². The summed E-state index contributed by atoms with van der Waals surface area (Å²) in [6.45, 7) is 2.10. The lowest BCUT2D eigenvalue weighted by Gasteiger charge is -2.27. The first kappa shape index (κ1) is 26.2. The summed E-state index contributed by atoms with van der Waals surface area (Å²) >= 11 is 6.00. The zero-order valence-corrected chi connectivity index (χ0v) is 20.7. The van der Waals surface area contributed by atoms with Crippen molar-refractivity contribution in [2.24, 2.45) is 5.10 Å². The van der Waals surface area contributed by atoms with Crippen LogP contribution in [0.15, 0.2) is 77.9 Å². The highest BCUT2D eigenvalue weighted by Crippen LogP contribution is 2.39. The fourth-order valence-electron chi connectivity index (χ4n) is 4.33. The Morgan fingerprint density at radius 1 is 1.08 bits per heavy atom. The largest absolute Gasteiger partial charge is 0.465 e. The maximum atomic E-state index is 13.3. The number of rotatable bonds is 6. The second-order valence-electron chi connectivity index (χ2n) is 8.78. The quantitative estimate of drug-likeness (QED) is 0.412. The molecule has 3 aromatic carbocycles. The van der Waals surface area contributed by atoms with Gasteiger partial charge >= 0.3 is 12.1 Å². The molecular formula is C27H23ClF3N3O3. The van der Waals surface area contributed by atoms with Gasteiger partial charge in [-0.25, -0.2) is 4.79 Å². The van der Waals surface area contributed by atoms with Crippen LogP contribution < -0.4 is 5.32 Å². The number of carbonyl (C=O) groups excluding carboxylic acids is 2. The standard InChI is InChI=1S/C27H23ClF3N3O3/c1-26(19-8-4-3-5-9-19)16-34(15-23(35)32-20-10-6-7-18(13-20)25(36)37-2)33-24(26)17-11-12-21(22(28)14-17)27(29,30)31/h3-14H,15-16H2,1-2H3,(H,32,35). The van der Waals surface area contributed by atoms with Crippen molar-refractivity contribution >= 4 is 34.9 Å². The van der Waals surface area contributed by atoms with Crippen LogP contribution in [0.4, 0.5) is 18.9 Å². The van der Waals surface area contributed by atoms with E-state index >= 15 is 0 Å². The molecule has 0 aromatic heterocycles. The first-order chi connectivity index (χ1) is 17.5. The van der Waals surface area contributed by atoms with E-state index in [2.05, 4.69) is 10.4 Å². The average Bonchev–Trinajstić information content (AvgIpc) is 3.20. The van der Waals surface area contributed by atoms with E-state index in [4.69, 9.17) is 16.3 Å². The van der Waals surface area contributed by atoms with Gasteiger partial charge in [0.1, 0.15) is 6.54 Å². The Morgan fingerprint density at radius 2 is 1.81 bits per heavy atom. The summed E-state index contributed by atoms with van der Waals surface area (Å²) in [5, 5.41) is 8.51. The number of nitrogens with one attached hydrogen (secondary N) is 1. The molecule has 0 saturated carbocycles. The first-order valence-electron chi connectivity index (χ1n) is 11.3. The van der Waals surface area contributed by atoms with Gasteiger partial charge in [-0.3, -0.25) is 9.80 Å². The molecule has 37 heavy (non-hydrogen) atoms. The van der Waals surface area contributed by atoms with Crippen LogP contribution in [-0.2, 0) is 21.1 Å². The van der Waals surface area contributed by atoms with Crippen LogP contribution in [0, 0.1) is 0 Å². The highest BCUT2D eigenvalue weighted by Gasteiger charge is 2.42. The molecule has 10 heteroatoms. The molecule has 1 atom stereocenters. The number of hydrazone groups is 1. The summed E-state index contributed by atoms with van der Waals surface area (Å²) in [6.07, 6.45) is -4.58. The minimum absolute atomic E-state index is 0.122. The topological polar surface area (TPSA) is 71.0 Å². The number of nitrogens with zero attached hydrogens (tertiary/aromatic N) is 2. The molecule has 1 aliphatic heterocycles. The molecule has 1 amide bonds. The molecule has 0 aliphatic carbocycles. The molecule has 0 spiro atoms. The first-order valence-corrected chi connectivity index (χ1v) is 11.6. The van der Waals surface area contributed by atoms with Crippen LogP contribution in [0.1, 0.15) is 34.0 Å². The minimum Gasteiger partial charge on any atom is -0.465 e. The van der Waals surface area contributed by atoms with Gasteiger partial charge in [-0.1, -0.05) is 54.1 Å². The number of halogens is 4. The van der Waals surface area contributed by atoms with Gasteiger partial charge in [0.2, 0.25) is 5.91 Å². The zero-order chi connectivity index (χ0) is 26.8. The van der Waals surface area contributed by atoms with Crippen LogP contribution >= 0.6 is 11.6 Å². The van der Waals surface area contributed by atoms with E-state index in [1.807, 2.05) is 37.3 Å². The molecule has 1 aliphatic rings. The van der Waals surface area contributed by atoms with Gasteiger partial charge in [-0.15, -0.1) is 0 Å². The van der Waals surface area contributed by atoms with Crippen molar-refractivity contribution in [2.45, 2.75) is 18.5 Å². The number of carbonyl (C=O) groups is 2. The van der Waals surface area contributed by atoms with E-state index in [1.54, 1.807) is 23.2 Å². The Balaban J connectivity index is 1.62. The van der Waals surface area contributed by atoms with Crippen LogP contribution in [-0.4, -0.2) is 42.8 Å². The van der Waals surface area contributed by atoms with Crippen LogP contribution in [0.25, 0.3) is 0 Å². The predicted octanol–water partition coefficient (Wildman–Crippen LogP) is 5.76. The summed E-state index contributed by atoms with van der Waals surface area (Å²) in [7, 11) is 1.27. The summed E-state index contributed by atoms with van der Waals surface area (Å²) in [5.74, 6) is -0.911. The monoisotopic (exact) mass is 529 g/mol. The van der Waals surface area contributed by atoms with E-state index in [0.29, 0.717) is 23.5 Å². The number of hydrogen-bond acceptors (Lipinski definition) is 5. The van der Waals surface area contributed by atoms with E-state index in [1.165, 1.54) is 25.3 Å². The highest BCUT2D eigenvalue weighted by atomic mass is 35.5. The summed E-state index contributed by atoms with van der Waals surface area (Å²) in [5.41, 5.74) is 0.860. The van der Waals surface area contributed by atoms with Gasteiger partial charge in [0, 0.05) is 11.3 Å². The lowest BCUT2D eigenvalue weighted by atomic mass is 9.76. The van der Waals surface area contributed by atoms with Gasteiger partial charge < -0.3 is 10.1 Å². The molecule has 0 radical (unpaired) electrons. The summed E-state index contributed by atoms with van der Waals surface area (Å²) in [6, 6.07) is 19.3. The molecule has 0 fully saturated rings. The zero-order valence-electron chi connectivity index (χ0n) is 20.0. The second kappa shape index (κ2) is 10.3. The Morgan fingerprint density at radius 3 is 2.46 bits per heavy atom. The molecule has 3 aromatic rings. The smallest absolute Gasteiger partial charge is 0.417 e. The van der Waals surface area contributed by atoms with E-state index in [0.717, 1.165) is 11.6 Å². The van der Waals surface area contributed by atoms with Gasteiger partial charge in [-0.2, -0.15) is 18.3 Å². The lowest BCUT2D eigenvalue weighted by Crippen LogP contribution is -2.38. The second-order valence-corrected chi connectivity index (χ2v) is 9.19. The van der Waals surface area contributed by atoms with E-state index in [-0.39, 0.29) is 18.0 Å². The molecule has 0 bridgehead atoms. The number of alkyl halides is 3. The molecule has 1 N–H and O–H groups in total. The molecule has 4 rings (SSSR count). The number of anilines is 1. The van der Waals surface area contributed by atoms with Gasteiger partial charge in [0.15, 0.2) is 0 Å². The van der Waals surface area contributed by atoms with Crippen molar-refractivity contribution in [3.8, 4) is 0 Å². The maximum absolute atomic E-state index is 13.3. The highest BCUT2D eigenvalue weighted by molar-refractivity contribution is 6.32. The van der Waals surface area contributed by atoms with Crippen LogP contribution in [0.2, 0.25) is 5.02 Å². The SMILES string of the molecule is COC(=O)c1cccc(NC(=O)CN2CC(C)(c3ccccc3)C(c3ccc(C(F)(F)F)c(Cl)c3)=N2)c1. The fourth-order valence-corrected chi connectivity index (χ4v) is 4.62. The number of ether oxygens (including phenoxy) is 1. The minimum atomic E-state index is -4.58. The molecule has 0 saturated heterocycles. The summed E-state index contributed by atoms with van der Waals surface area (Å²) < 4.78 is 44.5. The van der Waals surface area contributed by atoms with E-state index < -0.39 is 28.1 Å². The Labute approximate surface area is 216 Å². The normalized spacial score (nSPS) is 17.4. The number of methoxy groups -OCH3 is 1. The maximum Gasteiger partial charge on any atom is 0.417 e. The van der Waals surface area contributed by atoms with Crippen LogP contribution in [0.5, 0.6) is 0 Å². The lowest BCUT2D eigenvalue weighted by molar-refractivity contribution is -0.137. The molecule has 6 nitrogen and oxygen atoms in total. The Kier molecular flexibility index (Phi) is 7.27. The van der Waals surface area contributed by atoms with Gasteiger partial charge in [0.25, 0.3) is 0 Å². The third-order valence-corrected chi connectivity index (χ3v) is 6.43. The number of esters is 1. The molecular weight excluding hydrogens is 507 g/mol. The van der Waals surface area contributed by atoms with Crippen molar-refractivity contribution in [3.05, 3.63) is 100 Å². The molecule has 1 heterocycles. The number of amides is 1. The predicted molar refractivity (Wildman–Crippen MR) is 135 cm³/mol. The third kappa shape index (κ3) is 5.61. The van der Waals surface area contributed by atoms with Crippen molar-refractivity contribution < 1.29 is 27.5 Å². The van der Waals surface area contributed by atoms with Crippen molar-refractivity contribution in [3.63, 3.8) is 0 Å². The van der Waals surface area contributed by atoms with Gasteiger partial charge in [0.05, 0.1) is 40.9 Å². The van der Waals surface area contributed by atoms with Crippen molar-refractivity contribution in [2.75, 3.05) is 25.5 Å². The number of hydrogen-bond donors (Lipinski definition) is 1. The molecule has 192 valence electrons. The fraction of sp³-hybridized carbons (Fsp3) is 0.222. The number of benzene rings is 3.